The van der Waals surface area contributed by atoms with Crippen LogP contribution in [-0.2, 0) is 6.54 Å². The van der Waals surface area contributed by atoms with E-state index in [0.29, 0.717) is 12.1 Å². The van der Waals surface area contributed by atoms with Crippen molar-refractivity contribution in [3.63, 3.8) is 0 Å². The number of nitrogens with one attached hydrogen (secondary N) is 2. The lowest BCUT2D eigenvalue weighted by atomic mass is 10.1. The van der Waals surface area contributed by atoms with E-state index >= 15 is 0 Å². The summed E-state index contributed by atoms with van der Waals surface area (Å²) in [4.78, 5) is 20.4. The molecule has 1 amide bonds. The molecule has 0 saturated carbocycles. The van der Waals surface area contributed by atoms with Crippen LogP contribution >= 0.6 is 0 Å². The van der Waals surface area contributed by atoms with E-state index in [1.807, 2.05) is 26.0 Å². The van der Waals surface area contributed by atoms with Crippen molar-refractivity contribution < 1.29 is 4.79 Å². The summed E-state index contributed by atoms with van der Waals surface area (Å²) in [6.07, 6.45) is 5.10. The van der Waals surface area contributed by atoms with E-state index < -0.39 is 0 Å². The number of aryl methyl sites for hydroxylation is 2. The van der Waals surface area contributed by atoms with Crippen LogP contribution in [0.5, 0.6) is 0 Å². The van der Waals surface area contributed by atoms with Gasteiger partial charge in [-0.1, -0.05) is 0 Å². The van der Waals surface area contributed by atoms with Gasteiger partial charge in [-0.15, -0.1) is 0 Å². The second-order valence-corrected chi connectivity index (χ2v) is 4.61. The van der Waals surface area contributed by atoms with Crippen molar-refractivity contribution in [3.05, 3.63) is 53.1 Å². The van der Waals surface area contributed by atoms with Gasteiger partial charge in [0.15, 0.2) is 0 Å². The molecule has 2 rings (SSSR count). The fourth-order valence-electron chi connectivity index (χ4n) is 1.92. The standard InChI is InChI=1S/C15H18N4O/c1-10-7-17-5-4-12(10)8-19-15(20)13-9-18-11(2)6-14(13)16-3/h4-7,9H,8H2,1-3H3,(H,16,18)(H,19,20). The van der Waals surface area contributed by atoms with E-state index in [-0.39, 0.29) is 5.91 Å². The molecule has 104 valence electrons. The smallest absolute Gasteiger partial charge is 0.255 e. The third kappa shape index (κ3) is 3.12. The van der Waals surface area contributed by atoms with Crippen LogP contribution in [0.25, 0.3) is 0 Å². The molecule has 2 aromatic rings. The van der Waals surface area contributed by atoms with Gasteiger partial charge in [0.2, 0.25) is 0 Å². The van der Waals surface area contributed by atoms with Crippen LogP contribution in [0, 0.1) is 13.8 Å². The number of anilines is 1. The molecule has 5 heteroatoms. The summed E-state index contributed by atoms with van der Waals surface area (Å²) in [6.45, 7) is 4.34. The summed E-state index contributed by atoms with van der Waals surface area (Å²) < 4.78 is 0. The predicted molar refractivity (Wildman–Crippen MR) is 78.7 cm³/mol. The van der Waals surface area contributed by atoms with Gasteiger partial charge in [0.05, 0.1) is 11.3 Å². The lowest BCUT2D eigenvalue weighted by Crippen LogP contribution is -2.24. The van der Waals surface area contributed by atoms with Gasteiger partial charge in [-0.3, -0.25) is 14.8 Å². The number of carbonyl (C=O) groups excluding carboxylic acids is 1. The molecule has 2 aromatic heterocycles. The maximum Gasteiger partial charge on any atom is 0.255 e. The van der Waals surface area contributed by atoms with Crippen LogP contribution < -0.4 is 10.6 Å². The van der Waals surface area contributed by atoms with Gasteiger partial charge in [-0.05, 0) is 37.1 Å². The Bertz CT molecular complexity index is 625. The molecular weight excluding hydrogens is 252 g/mol. The van der Waals surface area contributed by atoms with Crippen molar-refractivity contribution in [2.24, 2.45) is 0 Å². The first-order chi connectivity index (χ1) is 9.61. The fraction of sp³-hybridized carbons (Fsp3) is 0.267. The second-order valence-electron chi connectivity index (χ2n) is 4.61. The van der Waals surface area contributed by atoms with E-state index in [0.717, 1.165) is 22.5 Å². The molecule has 5 nitrogen and oxygen atoms in total. The maximum absolute atomic E-state index is 12.2. The van der Waals surface area contributed by atoms with Crippen LogP contribution in [-0.4, -0.2) is 22.9 Å². The van der Waals surface area contributed by atoms with Gasteiger partial charge >= 0.3 is 0 Å². The Balaban J connectivity index is 2.11. The number of pyridine rings is 2. The molecule has 0 atom stereocenters. The third-order valence-corrected chi connectivity index (χ3v) is 3.13. The molecule has 0 aliphatic heterocycles. The lowest BCUT2D eigenvalue weighted by molar-refractivity contribution is 0.0951. The van der Waals surface area contributed by atoms with Gasteiger partial charge in [0, 0.05) is 37.9 Å². The van der Waals surface area contributed by atoms with Gasteiger partial charge in [-0.2, -0.15) is 0 Å². The van der Waals surface area contributed by atoms with Crippen molar-refractivity contribution in [3.8, 4) is 0 Å². The first-order valence-corrected chi connectivity index (χ1v) is 6.44. The van der Waals surface area contributed by atoms with E-state index in [2.05, 4.69) is 20.6 Å². The molecule has 0 aromatic carbocycles. The zero-order valence-corrected chi connectivity index (χ0v) is 11.9. The summed E-state index contributed by atoms with van der Waals surface area (Å²) in [7, 11) is 1.79. The minimum atomic E-state index is -0.141. The number of aromatic nitrogens is 2. The molecule has 0 aliphatic carbocycles. The number of rotatable bonds is 4. The van der Waals surface area contributed by atoms with Crippen LogP contribution in [0.1, 0.15) is 27.2 Å². The number of nitrogens with zero attached hydrogens (tertiary/aromatic N) is 2. The largest absolute Gasteiger partial charge is 0.387 e. The first-order valence-electron chi connectivity index (χ1n) is 6.44. The van der Waals surface area contributed by atoms with Crippen molar-refractivity contribution >= 4 is 11.6 Å². The second kappa shape index (κ2) is 6.14. The fourth-order valence-corrected chi connectivity index (χ4v) is 1.92. The molecule has 0 fully saturated rings. The summed E-state index contributed by atoms with van der Waals surface area (Å²) in [5.41, 5.74) is 4.31. The highest BCUT2D eigenvalue weighted by Gasteiger charge is 2.11. The molecule has 0 bridgehead atoms. The summed E-state index contributed by atoms with van der Waals surface area (Å²) in [6, 6.07) is 3.76. The Kier molecular flexibility index (Phi) is 4.30. The van der Waals surface area contributed by atoms with Crippen molar-refractivity contribution in [1.29, 1.82) is 0 Å². The predicted octanol–water partition coefficient (Wildman–Crippen LogP) is 2.07. The number of carbonyl (C=O) groups is 1. The Labute approximate surface area is 118 Å². The zero-order chi connectivity index (χ0) is 14.5. The van der Waals surface area contributed by atoms with Crippen LogP contribution in [0.4, 0.5) is 5.69 Å². The highest BCUT2D eigenvalue weighted by atomic mass is 16.1. The van der Waals surface area contributed by atoms with Gasteiger partial charge in [-0.25, -0.2) is 0 Å². The topological polar surface area (TPSA) is 66.9 Å². The van der Waals surface area contributed by atoms with Gasteiger partial charge in [0.1, 0.15) is 0 Å². The highest BCUT2D eigenvalue weighted by Crippen LogP contribution is 2.15. The number of amides is 1. The monoisotopic (exact) mass is 270 g/mol. The van der Waals surface area contributed by atoms with Crippen LogP contribution in [0.15, 0.2) is 30.7 Å². The van der Waals surface area contributed by atoms with Crippen LogP contribution in [0.2, 0.25) is 0 Å². The molecule has 0 unspecified atom stereocenters. The molecule has 2 heterocycles. The van der Waals surface area contributed by atoms with Crippen molar-refractivity contribution in [1.82, 2.24) is 15.3 Å². The molecule has 0 aliphatic rings. The number of hydrogen-bond acceptors (Lipinski definition) is 4. The molecule has 0 spiro atoms. The summed E-state index contributed by atoms with van der Waals surface area (Å²) in [5, 5.41) is 5.92. The third-order valence-electron chi connectivity index (χ3n) is 3.13. The SMILES string of the molecule is CNc1cc(C)ncc1C(=O)NCc1ccncc1C. The lowest BCUT2D eigenvalue weighted by Gasteiger charge is -2.11. The maximum atomic E-state index is 12.2. The minimum absolute atomic E-state index is 0.141. The Morgan fingerprint density at radius 1 is 1.30 bits per heavy atom. The number of hydrogen-bond donors (Lipinski definition) is 2. The van der Waals surface area contributed by atoms with E-state index in [1.165, 1.54) is 0 Å². The zero-order valence-electron chi connectivity index (χ0n) is 11.9. The average molecular weight is 270 g/mol. The molecule has 0 radical (unpaired) electrons. The van der Waals surface area contributed by atoms with Crippen LogP contribution in [0.3, 0.4) is 0 Å². The van der Waals surface area contributed by atoms with E-state index in [4.69, 9.17) is 0 Å². The molecule has 0 saturated heterocycles. The Morgan fingerprint density at radius 2 is 2.10 bits per heavy atom. The summed E-state index contributed by atoms with van der Waals surface area (Å²) in [5.74, 6) is -0.141. The van der Waals surface area contributed by atoms with E-state index in [9.17, 15) is 4.79 Å². The van der Waals surface area contributed by atoms with Gasteiger partial charge < -0.3 is 10.6 Å². The average Bonchev–Trinajstić information content (AvgIpc) is 2.46. The summed E-state index contributed by atoms with van der Waals surface area (Å²) >= 11 is 0. The highest BCUT2D eigenvalue weighted by molar-refractivity contribution is 5.99. The van der Waals surface area contributed by atoms with E-state index in [1.54, 1.807) is 25.6 Å². The van der Waals surface area contributed by atoms with Crippen molar-refractivity contribution in [2.45, 2.75) is 20.4 Å². The minimum Gasteiger partial charge on any atom is -0.387 e. The normalized spacial score (nSPS) is 10.2. The van der Waals surface area contributed by atoms with Crippen molar-refractivity contribution in [2.75, 3.05) is 12.4 Å². The molecule has 20 heavy (non-hydrogen) atoms. The molecule has 2 N–H and O–H groups in total. The Morgan fingerprint density at radius 3 is 2.80 bits per heavy atom. The first kappa shape index (κ1) is 14.0. The van der Waals surface area contributed by atoms with Gasteiger partial charge in [0.25, 0.3) is 5.91 Å². The molecular formula is C15H18N4O. The quantitative estimate of drug-likeness (QED) is 0.892. The Hall–Kier alpha value is -2.43.